The number of piperidine rings is 1. The van der Waals surface area contributed by atoms with Gasteiger partial charge >= 0.3 is 11.8 Å². The molecule has 0 unspecified atom stereocenters. The van der Waals surface area contributed by atoms with E-state index in [4.69, 9.17) is 9.47 Å². The van der Waals surface area contributed by atoms with E-state index >= 15 is 0 Å². The van der Waals surface area contributed by atoms with Gasteiger partial charge in [-0.1, -0.05) is 12.2 Å². The first-order chi connectivity index (χ1) is 13.0. The summed E-state index contributed by atoms with van der Waals surface area (Å²) in [5, 5.41) is 11.2. The van der Waals surface area contributed by atoms with Gasteiger partial charge in [-0.05, 0) is 34.8 Å². The van der Waals surface area contributed by atoms with E-state index in [0.717, 1.165) is 18.5 Å². The number of nitrogens with zero attached hydrogens (tertiary/aromatic N) is 3. The first-order valence-electron chi connectivity index (χ1n) is 8.57. The van der Waals surface area contributed by atoms with Crippen LogP contribution >= 0.6 is 15.9 Å². The lowest BCUT2D eigenvalue weighted by molar-refractivity contribution is -0.385. The Morgan fingerprint density at radius 1 is 1.30 bits per heavy atom. The van der Waals surface area contributed by atoms with Crippen molar-refractivity contribution in [2.24, 2.45) is 0 Å². The molecule has 0 atom stereocenters. The average Bonchev–Trinajstić information content (AvgIpc) is 2.65. The second-order valence-corrected chi connectivity index (χ2v) is 7.10. The summed E-state index contributed by atoms with van der Waals surface area (Å²) in [4.78, 5) is 26.7. The fourth-order valence-electron chi connectivity index (χ4n) is 3.34. The monoisotopic (exact) mass is 437 g/mol. The predicted octanol–water partition coefficient (Wildman–Crippen LogP) is 3.86. The molecular formula is C18H20BrN3O5. The number of nitro groups is 1. The van der Waals surface area contributed by atoms with Gasteiger partial charge in [-0.3, -0.25) is 10.1 Å². The van der Waals surface area contributed by atoms with E-state index in [2.05, 4.69) is 20.8 Å². The molecule has 144 valence electrons. The first kappa shape index (κ1) is 19.2. The predicted molar refractivity (Wildman–Crippen MR) is 104 cm³/mol. The van der Waals surface area contributed by atoms with Gasteiger partial charge in [0.1, 0.15) is 0 Å². The summed E-state index contributed by atoms with van der Waals surface area (Å²) < 4.78 is 10.9. The topological polar surface area (TPSA) is 85.2 Å². The SMILES string of the molecule is COc1cc(N2CCC(N3C/C=C\C=C/OC3=O)CC2)c(Br)cc1[N+](=O)[O-]. The zero-order valence-electron chi connectivity index (χ0n) is 14.8. The van der Waals surface area contributed by atoms with Crippen LogP contribution in [-0.4, -0.2) is 48.7 Å². The van der Waals surface area contributed by atoms with Gasteiger partial charge in [0, 0.05) is 42.3 Å². The van der Waals surface area contributed by atoms with Crippen LogP contribution in [-0.2, 0) is 4.74 Å². The minimum atomic E-state index is -0.463. The quantitative estimate of drug-likeness (QED) is 0.525. The Labute approximate surface area is 165 Å². The van der Waals surface area contributed by atoms with Crippen LogP contribution in [0.15, 0.2) is 41.1 Å². The Hall–Kier alpha value is -2.55. The van der Waals surface area contributed by atoms with E-state index in [9.17, 15) is 14.9 Å². The molecule has 8 nitrogen and oxygen atoms in total. The highest BCUT2D eigenvalue weighted by Gasteiger charge is 2.30. The van der Waals surface area contributed by atoms with Gasteiger partial charge in [0.25, 0.3) is 0 Å². The number of benzene rings is 1. The van der Waals surface area contributed by atoms with E-state index in [0.29, 0.717) is 24.1 Å². The minimum absolute atomic E-state index is 0.0776. The lowest BCUT2D eigenvalue weighted by Crippen LogP contribution is -2.47. The number of amides is 1. The van der Waals surface area contributed by atoms with Gasteiger partial charge < -0.3 is 19.3 Å². The second-order valence-electron chi connectivity index (χ2n) is 6.24. The summed E-state index contributed by atoms with van der Waals surface area (Å²) in [6, 6.07) is 3.23. The van der Waals surface area contributed by atoms with E-state index < -0.39 is 4.92 Å². The van der Waals surface area contributed by atoms with Crippen LogP contribution in [0.4, 0.5) is 16.2 Å². The van der Waals surface area contributed by atoms with Crippen molar-refractivity contribution in [3.05, 3.63) is 51.2 Å². The molecule has 1 aromatic rings. The van der Waals surface area contributed by atoms with E-state index in [1.165, 1.54) is 19.4 Å². The maximum atomic E-state index is 12.2. The van der Waals surface area contributed by atoms with Crippen molar-refractivity contribution >= 4 is 33.4 Å². The molecule has 2 aliphatic heterocycles. The van der Waals surface area contributed by atoms with Gasteiger partial charge in [0.2, 0.25) is 0 Å². The third-order valence-corrected chi connectivity index (χ3v) is 5.36. The molecule has 0 spiro atoms. The maximum Gasteiger partial charge on any atom is 0.415 e. The number of carbonyl (C=O) groups is 1. The number of methoxy groups -OCH3 is 1. The van der Waals surface area contributed by atoms with E-state index in [1.54, 1.807) is 17.0 Å². The van der Waals surface area contributed by atoms with Crippen molar-refractivity contribution in [3.63, 3.8) is 0 Å². The van der Waals surface area contributed by atoms with Crippen molar-refractivity contribution in [2.45, 2.75) is 18.9 Å². The molecule has 0 aliphatic carbocycles. The van der Waals surface area contributed by atoms with E-state index in [1.807, 2.05) is 12.2 Å². The molecular weight excluding hydrogens is 418 g/mol. The fraction of sp³-hybridized carbons (Fsp3) is 0.389. The number of nitro benzene ring substituents is 1. The molecule has 1 saturated heterocycles. The normalized spacial score (nSPS) is 20.4. The minimum Gasteiger partial charge on any atom is -0.490 e. The largest absolute Gasteiger partial charge is 0.490 e. The number of rotatable bonds is 4. The van der Waals surface area contributed by atoms with Crippen LogP contribution in [0, 0.1) is 10.1 Å². The summed E-state index contributed by atoms with van der Waals surface area (Å²) in [5.74, 6) is 0.226. The first-order valence-corrected chi connectivity index (χ1v) is 9.36. The third-order valence-electron chi connectivity index (χ3n) is 4.72. The summed E-state index contributed by atoms with van der Waals surface area (Å²) in [6.07, 6.45) is 8.08. The van der Waals surface area contributed by atoms with Gasteiger partial charge in [-0.15, -0.1) is 0 Å². The number of ether oxygens (including phenoxy) is 2. The molecule has 9 heteroatoms. The summed E-state index contributed by atoms with van der Waals surface area (Å²) >= 11 is 3.43. The highest BCUT2D eigenvalue weighted by molar-refractivity contribution is 9.10. The van der Waals surface area contributed by atoms with Crippen LogP contribution in [0.2, 0.25) is 0 Å². The number of hydrogen-bond acceptors (Lipinski definition) is 6. The highest BCUT2D eigenvalue weighted by atomic mass is 79.9. The number of hydrogen-bond donors (Lipinski definition) is 0. The van der Waals surface area contributed by atoms with Gasteiger partial charge in [0.15, 0.2) is 5.75 Å². The van der Waals surface area contributed by atoms with Gasteiger partial charge in [-0.25, -0.2) is 4.79 Å². The number of allylic oxidation sites excluding steroid dienone is 2. The van der Waals surface area contributed by atoms with Gasteiger partial charge in [0.05, 0.1) is 24.0 Å². The number of carbonyl (C=O) groups excluding carboxylic acids is 1. The lowest BCUT2D eigenvalue weighted by atomic mass is 10.0. The lowest BCUT2D eigenvalue weighted by Gasteiger charge is -2.38. The molecule has 2 heterocycles. The van der Waals surface area contributed by atoms with Crippen molar-refractivity contribution in [3.8, 4) is 5.75 Å². The molecule has 0 aromatic heterocycles. The van der Waals surface area contributed by atoms with Crippen LogP contribution in [0.3, 0.4) is 0 Å². The highest BCUT2D eigenvalue weighted by Crippen LogP contribution is 2.39. The average molecular weight is 438 g/mol. The Bertz CT molecular complexity index is 787. The van der Waals surface area contributed by atoms with Crippen molar-refractivity contribution in [2.75, 3.05) is 31.6 Å². The Morgan fingerprint density at radius 2 is 2.04 bits per heavy atom. The Kier molecular flexibility index (Phi) is 6.00. The molecule has 2 aliphatic rings. The molecule has 27 heavy (non-hydrogen) atoms. The van der Waals surface area contributed by atoms with Crippen molar-refractivity contribution < 1.29 is 19.2 Å². The Morgan fingerprint density at radius 3 is 2.70 bits per heavy atom. The molecule has 3 rings (SSSR count). The van der Waals surface area contributed by atoms with E-state index in [-0.39, 0.29) is 23.6 Å². The van der Waals surface area contributed by atoms with Crippen LogP contribution < -0.4 is 9.64 Å². The smallest absolute Gasteiger partial charge is 0.415 e. The Balaban J connectivity index is 1.72. The molecule has 1 fully saturated rings. The molecule has 1 aromatic carbocycles. The number of anilines is 1. The number of halogens is 1. The van der Waals surface area contributed by atoms with Crippen molar-refractivity contribution in [1.82, 2.24) is 4.90 Å². The zero-order valence-corrected chi connectivity index (χ0v) is 16.4. The molecule has 0 bridgehead atoms. The molecule has 0 radical (unpaired) electrons. The summed E-state index contributed by atoms with van der Waals surface area (Å²) in [5.41, 5.74) is 0.764. The van der Waals surface area contributed by atoms with Crippen molar-refractivity contribution in [1.29, 1.82) is 0 Å². The molecule has 0 N–H and O–H groups in total. The van der Waals surface area contributed by atoms with Crippen LogP contribution in [0.25, 0.3) is 0 Å². The van der Waals surface area contributed by atoms with Gasteiger partial charge in [-0.2, -0.15) is 0 Å². The zero-order chi connectivity index (χ0) is 19.4. The van der Waals surface area contributed by atoms with Crippen LogP contribution in [0.1, 0.15) is 12.8 Å². The fourth-order valence-corrected chi connectivity index (χ4v) is 3.92. The summed E-state index contributed by atoms with van der Waals surface area (Å²) in [7, 11) is 1.42. The molecule has 1 amide bonds. The summed E-state index contributed by atoms with van der Waals surface area (Å²) in [6.45, 7) is 1.95. The second kappa shape index (κ2) is 8.43. The van der Waals surface area contributed by atoms with Crippen LogP contribution in [0.5, 0.6) is 5.75 Å². The third kappa shape index (κ3) is 4.24. The number of cyclic esters (lactones) is 1. The maximum absolute atomic E-state index is 12.2. The standard InChI is InChI=1S/C18H20BrN3O5/c1-26-17-12-15(14(19)11-16(17)22(24)25)20-8-5-13(6-9-20)21-7-3-2-4-10-27-18(21)23/h2-4,10-13H,5-9H2,1H3/b3-2-,10-4-. The molecule has 0 saturated carbocycles.